The number of rotatable bonds is 2. The topological polar surface area (TPSA) is 36.1 Å². The molecule has 1 N–H and O–H groups in total. The highest BCUT2D eigenvalue weighted by Crippen LogP contribution is 2.30. The second-order valence-corrected chi connectivity index (χ2v) is 5.74. The molecule has 0 fully saturated rings. The van der Waals surface area contributed by atoms with Gasteiger partial charge in [0.25, 0.3) is 0 Å². The fraction of sp³-hybridized carbons (Fsp3) is 0.438. The van der Waals surface area contributed by atoms with Crippen molar-refractivity contribution in [1.82, 2.24) is 9.88 Å². The van der Waals surface area contributed by atoms with E-state index in [4.69, 9.17) is 0 Å². The Bertz CT molecular complexity index is 618. The monoisotopic (exact) mass is 292 g/mol. The van der Waals surface area contributed by atoms with Gasteiger partial charge in [-0.2, -0.15) is 0 Å². The van der Waals surface area contributed by atoms with Gasteiger partial charge in [-0.25, -0.2) is 0 Å². The highest BCUT2D eigenvalue weighted by molar-refractivity contribution is 6.10. The van der Waals surface area contributed by atoms with Crippen molar-refractivity contribution in [2.24, 2.45) is 5.92 Å². The number of aromatic amines is 1. The summed E-state index contributed by atoms with van der Waals surface area (Å²) in [6, 6.07) is 8.13. The number of carbonyl (C=O) groups excluding carboxylic acids is 1. The summed E-state index contributed by atoms with van der Waals surface area (Å²) in [6.45, 7) is 0.845. The molecule has 0 aliphatic heterocycles. The normalized spacial score (nSPS) is 18.8. The van der Waals surface area contributed by atoms with Crippen LogP contribution in [0.2, 0.25) is 0 Å². The first-order chi connectivity index (χ1) is 9.16. The minimum absolute atomic E-state index is 0. The van der Waals surface area contributed by atoms with Crippen LogP contribution in [0.3, 0.4) is 0 Å². The van der Waals surface area contributed by atoms with Gasteiger partial charge in [0.1, 0.15) is 0 Å². The standard InChI is InChI=1S/C16H20N2O.ClH/c1-18(2)10-11-6-5-9-14-15(16(11)19)12-7-3-4-8-13(12)17-14;/h3-4,7-8,11,17H,5-6,9-10H2,1-2H3;1H. The maximum Gasteiger partial charge on any atom is 0.169 e. The lowest BCUT2D eigenvalue weighted by Crippen LogP contribution is -2.27. The molecular formula is C16H21ClN2O. The zero-order chi connectivity index (χ0) is 13.4. The van der Waals surface area contributed by atoms with Crippen molar-refractivity contribution in [3.05, 3.63) is 35.5 Å². The minimum atomic E-state index is 0. The van der Waals surface area contributed by atoms with Gasteiger partial charge in [-0.1, -0.05) is 18.2 Å². The number of ketones is 1. The molecule has 3 nitrogen and oxygen atoms in total. The number of aromatic nitrogens is 1. The number of hydrogen-bond acceptors (Lipinski definition) is 2. The Hall–Kier alpha value is -1.32. The van der Waals surface area contributed by atoms with Crippen molar-refractivity contribution in [2.75, 3.05) is 20.6 Å². The van der Waals surface area contributed by atoms with Crippen LogP contribution in [0, 0.1) is 5.92 Å². The number of para-hydroxylation sites is 1. The molecule has 1 unspecified atom stereocenters. The van der Waals surface area contributed by atoms with E-state index >= 15 is 0 Å². The Morgan fingerprint density at radius 1 is 1.30 bits per heavy atom. The number of aryl methyl sites for hydroxylation is 1. The van der Waals surface area contributed by atoms with Gasteiger partial charge in [-0.15, -0.1) is 12.4 Å². The Balaban J connectivity index is 0.00000147. The summed E-state index contributed by atoms with van der Waals surface area (Å²) in [5.41, 5.74) is 3.17. The molecule has 0 bridgehead atoms. The van der Waals surface area contributed by atoms with Gasteiger partial charge in [0.15, 0.2) is 5.78 Å². The van der Waals surface area contributed by atoms with E-state index in [0.717, 1.165) is 48.0 Å². The third kappa shape index (κ3) is 2.60. The lowest BCUT2D eigenvalue weighted by Gasteiger charge is -2.18. The maximum absolute atomic E-state index is 12.8. The summed E-state index contributed by atoms with van der Waals surface area (Å²) in [5.74, 6) is 0.453. The smallest absolute Gasteiger partial charge is 0.169 e. The largest absolute Gasteiger partial charge is 0.358 e. The van der Waals surface area contributed by atoms with E-state index in [0.29, 0.717) is 5.78 Å². The zero-order valence-electron chi connectivity index (χ0n) is 12.0. The van der Waals surface area contributed by atoms with Gasteiger partial charge < -0.3 is 9.88 Å². The second-order valence-electron chi connectivity index (χ2n) is 5.74. The molecule has 1 heterocycles. The molecule has 3 rings (SSSR count). The van der Waals surface area contributed by atoms with Crippen LogP contribution in [0.5, 0.6) is 0 Å². The Labute approximate surface area is 125 Å². The molecule has 4 heteroatoms. The summed E-state index contributed by atoms with van der Waals surface area (Å²) >= 11 is 0. The van der Waals surface area contributed by atoms with Gasteiger partial charge in [0.05, 0.1) is 0 Å². The van der Waals surface area contributed by atoms with Gasteiger partial charge in [-0.3, -0.25) is 4.79 Å². The molecule has 0 saturated heterocycles. The number of nitrogens with zero attached hydrogens (tertiary/aromatic N) is 1. The predicted molar refractivity (Wildman–Crippen MR) is 84.9 cm³/mol. The molecular weight excluding hydrogens is 272 g/mol. The lowest BCUT2D eigenvalue weighted by molar-refractivity contribution is 0.0894. The molecule has 1 atom stereocenters. The van der Waals surface area contributed by atoms with Crippen LogP contribution in [0.1, 0.15) is 28.9 Å². The summed E-state index contributed by atoms with van der Waals surface area (Å²) < 4.78 is 0. The number of Topliss-reactive ketones (excluding diaryl/α,β-unsaturated/α-hetero) is 1. The number of nitrogens with one attached hydrogen (secondary N) is 1. The SMILES string of the molecule is CN(C)CC1CCCc2[nH]c3ccccc3c2C1=O.Cl. The highest BCUT2D eigenvalue weighted by Gasteiger charge is 2.28. The minimum Gasteiger partial charge on any atom is -0.358 e. The van der Waals surface area contributed by atoms with E-state index in [1.165, 1.54) is 0 Å². The summed E-state index contributed by atoms with van der Waals surface area (Å²) in [6.07, 6.45) is 3.07. The molecule has 0 saturated carbocycles. The van der Waals surface area contributed by atoms with Gasteiger partial charge in [0, 0.05) is 34.6 Å². The highest BCUT2D eigenvalue weighted by atomic mass is 35.5. The molecule has 1 aliphatic rings. The Morgan fingerprint density at radius 2 is 2.05 bits per heavy atom. The van der Waals surface area contributed by atoms with Gasteiger partial charge >= 0.3 is 0 Å². The Kier molecular flexibility index (Phi) is 4.51. The molecule has 1 aromatic heterocycles. The fourth-order valence-corrected chi connectivity index (χ4v) is 3.14. The first kappa shape index (κ1) is 15.1. The molecule has 0 spiro atoms. The molecule has 108 valence electrons. The summed E-state index contributed by atoms with van der Waals surface area (Å²) in [7, 11) is 4.07. The third-order valence-corrected chi connectivity index (χ3v) is 3.97. The molecule has 2 aromatic rings. The Morgan fingerprint density at radius 3 is 2.80 bits per heavy atom. The molecule has 20 heavy (non-hydrogen) atoms. The van der Waals surface area contributed by atoms with Crippen molar-refractivity contribution in [3.8, 4) is 0 Å². The van der Waals surface area contributed by atoms with Crippen LogP contribution in [0.25, 0.3) is 10.9 Å². The molecule has 0 radical (unpaired) electrons. The molecule has 0 amide bonds. The number of carbonyl (C=O) groups is 1. The van der Waals surface area contributed by atoms with Crippen LogP contribution in [-0.4, -0.2) is 36.3 Å². The van der Waals surface area contributed by atoms with E-state index in [1.54, 1.807) is 0 Å². The van der Waals surface area contributed by atoms with E-state index in [1.807, 2.05) is 26.2 Å². The van der Waals surface area contributed by atoms with Crippen molar-refractivity contribution in [1.29, 1.82) is 0 Å². The summed E-state index contributed by atoms with van der Waals surface area (Å²) in [4.78, 5) is 18.3. The van der Waals surface area contributed by atoms with Crippen LogP contribution in [0.15, 0.2) is 24.3 Å². The van der Waals surface area contributed by atoms with Crippen molar-refractivity contribution in [2.45, 2.75) is 19.3 Å². The van der Waals surface area contributed by atoms with Crippen molar-refractivity contribution >= 4 is 29.1 Å². The number of halogens is 1. The van der Waals surface area contributed by atoms with E-state index in [9.17, 15) is 4.79 Å². The average molecular weight is 293 g/mol. The average Bonchev–Trinajstić information content (AvgIpc) is 2.67. The van der Waals surface area contributed by atoms with Gasteiger partial charge in [0.2, 0.25) is 0 Å². The van der Waals surface area contributed by atoms with E-state index < -0.39 is 0 Å². The van der Waals surface area contributed by atoms with Crippen molar-refractivity contribution in [3.63, 3.8) is 0 Å². The zero-order valence-corrected chi connectivity index (χ0v) is 12.8. The molecule has 1 aliphatic carbocycles. The second kappa shape index (κ2) is 5.98. The maximum atomic E-state index is 12.8. The summed E-state index contributed by atoms with van der Waals surface area (Å²) in [5, 5.41) is 1.09. The van der Waals surface area contributed by atoms with Crippen molar-refractivity contribution < 1.29 is 4.79 Å². The number of benzene rings is 1. The quantitative estimate of drug-likeness (QED) is 0.862. The first-order valence-corrected chi connectivity index (χ1v) is 6.95. The number of hydrogen-bond donors (Lipinski definition) is 1. The predicted octanol–water partition coefficient (Wildman–Crippen LogP) is 3.29. The van der Waals surface area contributed by atoms with Crippen LogP contribution >= 0.6 is 12.4 Å². The van der Waals surface area contributed by atoms with Gasteiger partial charge in [-0.05, 0) is 39.4 Å². The molecule has 1 aromatic carbocycles. The first-order valence-electron chi connectivity index (χ1n) is 6.95. The third-order valence-electron chi connectivity index (χ3n) is 3.97. The van der Waals surface area contributed by atoms with Crippen LogP contribution in [0.4, 0.5) is 0 Å². The van der Waals surface area contributed by atoms with E-state index in [2.05, 4.69) is 22.0 Å². The van der Waals surface area contributed by atoms with Crippen LogP contribution < -0.4 is 0 Å². The fourth-order valence-electron chi connectivity index (χ4n) is 3.14. The lowest BCUT2D eigenvalue weighted by atomic mass is 9.94. The number of H-pyrrole nitrogens is 1. The van der Waals surface area contributed by atoms with Crippen LogP contribution in [-0.2, 0) is 6.42 Å². The van der Waals surface area contributed by atoms with E-state index in [-0.39, 0.29) is 18.3 Å². The number of fused-ring (bicyclic) bond motifs is 3.